The molecule has 4 rings (SSSR count). The van der Waals surface area contributed by atoms with Gasteiger partial charge in [-0.05, 0) is 0 Å². The molecule has 0 radical (unpaired) electrons. The second-order valence-electron chi connectivity index (χ2n) is 10.0. The van der Waals surface area contributed by atoms with Crippen LogP contribution in [0.3, 0.4) is 0 Å². The van der Waals surface area contributed by atoms with Crippen molar-refractivity contribution in [3.63, 3.8) is 0 Å². The second kappa shape index (κ2) is 13.7. The third kappa shape index (κ3) is 6.59. The molecule has 4 aliphatic heterocycles. The van der Waals surface area contributed by atoms with Crippen LogP contribution in [0.25, 0.3) is 0 Å². The smallest absolute Gasteiger partial charge is 0.187 e. The third-order valence-corrected chi connectivity index (χ3v) is 7.32. The molecule has 4 heterocycles. The van der Waals surface area contributed by atoms with Gasteiger partial charge in [0.1, 0.15) is 79.4 Å². The van der Waals surface area contributed by atoms with E-state index in [4.69, 9.17) is 37.9 Å². The summed E-state index contributed by atoms with van der Waals surface area (Å²) in [6.07, 6.45) is -25.6. The number of hydrogen-bond donors (Lipinski definition) is 10. The number of methoxy groups -OCH3 is 1. The van der Waals surface area contributed by atoms with Crippen LogP contribution in [0.5, 0.6) is 0 Å². The molecule has 17 atom stereocenters. The molecule has 0 spiro atoms. The van der Waals surface area contributed by atoms with Crippen LogP contribution in [0.2, 0.25) is 0 Å². The van der Waals surface area contributed by atoms with Crippen molar-refractivity contribution >= 4 is 0 Å². The van der Waals surface area contributed by atoms with Crippen LogP contribution in [-0.4, -0.2) is 189 Å². The molecular weight excluding hydrogens is 552 g/mol. The molecule has 0 bridgehead atoms. The van der Waals surface area contributed by atoms with Crippen LogP contribution in [0.4, 0.5) is 0 Å². The molecule has 18 heteroatoms. The topological polar surface area (TPSA) is 276 Å². The van der Waals surface area contributed by atoms with Crippen LogP contribution in [-0.2, 0) is 37.9 Å². The molecule has 0 aromatic carbocycles. The van der Waals surface area contributed by atoms with Crippen molar-refractivity contribution in [3.05, 3.63) is 0 Å². The van der Waals surface area contributed by atoms with Gasteiger partial charge in [-0.1, -0.05) is 0 Å². The largest absolute Gasteiger partial charge is 0.394 e. The molecule has 4 aliphatic rings. The van der Waals surface area contributed by atoms with E-state index in [1.54, 1.807) is 0 Å². The summed E-state index contributed by atoms with van der Waals surface area (Å²) < 4.78 is 43.1. The zero-order valence-electron chi connectivity index (χ0n) is 21.4. The number of aliphatic hydroxyl groups is 10. The molecule has 18 nitrogen and oxygen atoms in total. The molecule has 234 valence electrons. The predicted molar refractivity (Wildman–Crippen MR) is 121 cm³/mol. The van der Waals surface area contributed by atoms with Gasteiger partial charge in [0.05, 0.1) is 26.4 Å². The first-order chi connectivity index (χ1) is 19.0. The van der Waals surface area contributed by atoms with E-state index in [1.165, 1.54) is 7.11 Å². The van der Waals surface area contributed by atoms with Crippen LogP contribution in [0.1, 0.15) is 0 Å². The van der Waals surface area contributed by atoms with Crippen LogP contribution >= 0.6 is 0 Å². The number of aliphatic hydroxyl groups excluding tert-OH is 10. The van der Waals surface area contributed by atoms with Crippen LogP contribution < -0.4 is 0 Å². The van der Waals surface area contributed by atoms with Gasteiger partial charge in [0, 0.05) is 7.11 Å². The standard InChI is InChI=1S/C22H38O18/c1-33-17-7(2-23)37-21(16(31)13(17)28)40-18-10(25)6(24)3-35-22(18)39-9-5-36-20(15(30)12(9)27)38-8-4-34-19(32)14(29)11(8)26/h6-32H,2-5H2,1H3/t6-,7-,8-,9-,10+,11+,12+,13-,14-,15-,16-,17-,18-,19-,20+,21-,22+/m1/s1. The summed E-state index contributed by atoms with van der Waals surface area (Å²) in [6.45, 7) is -1.78. The van der Waals surface area contributed by atoms with Gasteiger partial charge >= 0.3 is 0 Å². The normalized spacial score (nSPS) is 52.4. The highest BCUT2D eigenvalue weighted by molar-refractivity contribution is 4.93. The van der Waals surface area contributed by atoms with Crippen molar-refractivity contribution in [2.45, 2.75) is 105 Å². The van der Waals surface area contributed by atoms with E-state index in [1.807, 2.05) is 0 Å². The Morgan fingerprint density at radius 1 is 0.575 bits per heavy atom. The molecule has 10 N–H and O–H groups in total. The van der Waals surface area contributed by atoms with Gasteiger partial charge < -0.3 is 89.0 Å². The Labute approximate surface area is 227 Å². The van der Waals surface area contributed by atoms with Crippen molar-refractivity contribution in [1.29, 1.82) is 0 Å². The maximum Gasteiger partial charge on any atom is 0.187 e. The lowest BCUT2D eigenvalue weighted by atomic mass is 9.98. The molecule has 0 aromatic heterocycles. The summed E-state index contributed by atoms with van der Waals surface area (Å²) in [5.41, 5.74) is 0. The molecule has 0 aromatic rings. The van der Waals surface area contributed by atoms with Gasteiger partial charge in [0.2, 0.25) is 0 Å². The highest BCUT2D eigenvalue weighted by Crippen LogP contribution is 2.31. The average Bonchev–Trinajstić information content (AvgIpc) is 2.94. The van der Waals surface area contributed by atoms with Gasteiger partial charge in [0.25, 0.3) is 0 Å². The van der Waals surface area contributed by atoms with E-state index in [2.05, 4.69) is 0 Å². The van der Waals surface area contributed by atoms with E-state index >= 15 is 0 Å². The Morgan fingerprint density at radius 3 is 1.80 bits per heavy atom. The van der Waals surface area contributed by atoms with E-state index in [-0.39, 0.29) is 6.61 Å². The second-order valence-corrected chi connectivity index (χ2v) is 10.0. The highest BCUT2D eigenvalue weighted by atomic mass is 16.8. The minimum Gasteiger partial charge on any atom is -0.394 e. The van der Waals surface area contributed by atoms with Crippen molar-refractivity contribution in [3.8, 4) is 0 Å². The van der Waals surface area contributed by atoms with Gasteiger partial charge in [0.15, 0.2) is 25.2 Å². The first-order valence-corrected chi connectivity index (χ1v) is 12.7. The summed E-state index contributed by atoms with van der Waals surface area (Å²) in [4.78, 5) is 0. The fourth-order valence-electron chi connectivity index (χ4n) is 4.89. The monoisotopic (exact) mass is 590 g/mol. The zero-order chi connectivity index (χ0) is 29.3. The average molecular weight is 591 g/mol. The summed E-state index contributed by atoms with van der Waals surface area (Å²) >= 11 is 0. The maximum absolute atomic E-state index is 10.7. The van der Waals surface area contributed by atoms with Gasteiger partial charge in [-0.15, -0.1) is 0 Å². The zero-order valence-corrected chi connectivity index (χ0v) is 21.4. The van der Waals surface area contributed by atoms with E-state index < -0.39 is 124 Å². The predicted octanol–water partition coefficient (Wildman–Crippen LogP) is -7.18. The molecule has 0 aliphatic carbocycles. The summed E-state index contributed by atoms with van der Waals surface area (Å²) in [6, 6.07) is 0. The highest BCUT2D eigenvalue weighted by Gasteiger charge is 2.51. The third-order valence-electron chi connectivity index (χ3n) is 7.32. The number of ether oxygens (including phenoxy) is 8. The molecule has 4 saturated heterocycles. The first kappa shape index (κ1) is 32.2. The Bertz CT molecular complexity index is 791. The fraction of sp³-hybridized carbons (Fsp3) is 1.00. The minimum absolute atomic E-state index is 0.344. The molecule has 0 saturated carbocycles. The Balaban J connectivity index is 1.39. The van der Waals surface area contributed by atoms with Gasteiger partial charge in [-0.3, -0.25) is 0 Å². The lowest BCUT2D eigenvalue weighted by Crippen LogP contribution is -2.64. The Kier molecular flexibility index (Phi) is 11.0. The van der Waals surface area contributed by atoms with E-state index in [0.29, 0.717) is 0 Å². The molecule has 40 heavy (non-hydrogen) atoms. The molecular formula is C22H38O18. The molecule has 4 fully saturated rings. The maximum atomic E-state index is 10.7. The Hall–Kier alpha value is -0.720. The number of hydrogen-bond acceptors (Lipinski definition) is 18. The van der Waals surface area contributed by atoms with E-state index in [0.717, 1.165) is 0 Å². The van der Waals surface area contributed by atoms with E-state index in [9.17, 15) is 51.1 Å². The van der Waals surface area contributed by atoms with Crippen molar-refractivity contribution in [2.24, 2.45) is 0 Å². The Morgan fingerprint density at radius 2 is 1.15 bits per heavy atom. The quantitative estimate of drug-likeness (QED) is 0.126. The summed E-state index contributed by atoms with van der Waals surface area (Å²) in [5, 5.41) is 102. The minimum atomic E-state index is -1.75. The van der Waals surface area contributed by atoms with Crippen molar-refractivity contribution in [2.75, 3.05) is 33.5 Å². The molecule has 0 amide bonds. The lowest BCUT2D eigenvalue weighted by molar-refractivity contribution is -0.375. The number of rotatable bonds is 8. The lowest BCUT2D eigenvalue weighted by Gasteiger charge is -2.46. The SMILES string of the molecule is CO[C@H]1[C@H](O)[C@@H](O)[C@@H](O[C@H]2[C@H](O[C@@H]3CO[C@@H](O[C@@H]4CO[C@@H](O)[C@H](O)[C@H]4O)[C@H](O)[C@H]3O)OC[C@@H](O)[C@@H]2O)O[C@@H]1CO. The fourth-order valence-corrected chi connectivity index (χ4v) is 4.89. The van der Waals surface area contributed by atoms with Crippen LogP contribution in [0, 0.1) is 0 Å². The van der Waals surface area contributed by atoms with Gasteiger partial charge in [-0.2, -0.15) is 0 Å². The first-order valence-electron chi connectivity index (χ1n) is 12.7. The summed E-state index contributed by atoms with van der Waals surface area (Å²) in [5.74, 6) is 0. The summed E-state index contributed by atoms with van der Waals surface area (Å²) in [7, 11) is 1.24. The molecule has 0 unspecified atom stereocenters. The van der Waals surface area contributed by atoms with Gasteiger partial charge in [-0.25, -0.2) is 0 Å². The van der Waals surface area contributed by atoms with Crippen molar-refractivity contribution < 1.29 is 89.0 Å². The van der Waals surface area contributed by atoms with Crippen molar-refractivity contribution in [1.82, 2.24) is 0 Å². The van der Waals surface area contributed by atoms with Crippen LogP contribution in [0.15, 0.2) is 0 Å².